The van der Waals surface area contributed by atoms with E-state index < -0.39 is 11.9 Å². The van der Waals surface area contributed by atoms with E-state index in [1.165, 1.54) is 7.11 Å². The number of hydrogen-bond acceptors (Lipinski definition) is 4. The fourth-order valence-electron chi connectivity index (χ4n) is 1.45. The largest absolute Gasteiger partial charge is 0.467 e. The molecule has 2 unspecified atom stereocenters. The predicted molar refractivity (Wildman–Crippen MR) is 46.1 cm³/mol. The highest BCUT2D eigenvalue weighted by atomic mass is 16.8. The number of methoxy groups -OCH3 is 1. The maximum Gasteiger partial charge on any atom is 0.337 e. The average molecular weight is 188 g/mol. The van der Waals surface area contributed by atoms with E-state index in [9.17, 15) is 4.79 Å². The van der Waals surface area contributed by atoms with Gasteiger partial charge in [-0.1, -0.05) is 6.92 Å². The van der Waals surface area contributed by atoms with Crippen LogP contribution in [0.2, 0.25) is 0 Å². The molecule has 1 heterocycles. The van der Waals surface area contributed by atoms with Crippen molar-refractivity contribution in [3.05, 3.63) is 0 Å². The summed E-state index contributed by atoms with van der Waals surface area (Å²) in [5, 5.41) is 0. The Hall–Kier alpha value is -0.610. The number of carbonyl (C=O) groups is 1. The van der Waals surface area contributed by atoms with Crippen molar-refractivity contribution in [2.45, 2.75) is 45.2 Å². The van der Waals surface area contributed by atoms with E-state index >= 15 is 0 Å². The zero-order chi connectivity index (χ0) is 10.1. The van der Waals surface area contributed by atoms with E-state index in [1.54, 1.807) is 13.8 Å². The fourth-order valence-corrected chi connectivity index (χ4v) is 1.45. The Balaban J connectivity index is 2.69. The molecule has 13 heavy (non-hydrogen) atoms. The van der Waals surface area contributed by atoms with Gasteiger partial charge in [-0.2, -0.15) is 0 Å². The molecule has 0 radical (unpaired) electrons. The molecular formula is C9H16O4. The third kappa shape index (κ3) is 2.19. The molecule has 1 saturated heterocycles. The van der Waals surface area contributed by atoms with Crippen LogP contribution in [0, 0.1) is 0 Å². The van der Waals surface area contributed by atoms with Crippen molar-refractivity contribution < 1.29 is 19.0 Å². The minimum atomic E-state index is -0.681. The van der Waals surface area contributed by atoms with Crippen LogP contribution in [0.1, 0.15) is 27.2 Å². The standard InChI is InChI=1S/C9H16O4/c1-5-6-7(8(10)11-4)13-9(2,3)12-6/h6-7H,5H2,1-4H3. The molecule has 0 spiro atoms. The van der Waals surface area contributed by atoms with Gasteiger partial charge in [-0.25, -0.2) is 4.79 Å². The van der Waals surface area contributed by atoms with Gasteiger partial charge in [0.15, 0.2) is 11.9 Å². The molecule has 1 fully saturated rings. The summed E-state index contributed by atoms with van der Waals surface area (Å²) in [6.07, 6.45) is -0.0316. The number of hydrogen-bond donors (Lipinski definition) is 0. The molecule has 4 nitrogen and oxygen atoms in total. The molecule has 0 N–H and O–H groups in total. The van der Waals surface area contributed by atoms with Crippen molar-refractivity contribution in [1.29, 1.82) is 0 Å². The Bertz CT molecular complexity index is 200. The van der Waals surface area contributed by atoms with Gasteiger partial charge < -0.3 is 14.2 Å². The van der Waals surface area contributed by atoms with Crippen LogP contribution in [0.25, 0.3) is 0 Å². The number of carbonyl (C=O) groups excluding carboxylic acids is 1. The van der Waals surface area contributed by atoms with Crippen LogP contribution in [-0.4, -0.2) is 31.1 Å². The first-order chi connectivity index (χ1) is 6.00. The molecule has 1 aliphatic rings. The fraction of sp³-hybridized carbons (Fsp3) is 0.889. The van der Waals surface area contributed by atoms with Gasteiger partial charge in [0.2, 0.25) is 0 Å². The predicted octanol–water partition coefficient (Wildman–Crippen LogP) is 1.09. The van der Waals surface area contributed by atoms with Crippen LogP contribution in [0.4, 0.5) is 0 Å². The first-order valence-corrected chi connectivity index (χ1v) is 4.43. The summed E-state index contributed by atoms with van der Waals surface area (Å²) in [7, 11) is 1.35. The summed E-state index contributed by atoms with van der Waals surface area (Å²) < 4.78 is 15.5. The van der Waals surface area contributed by atoms with E-state index in [0.29, 0.717) is 0 Å². The monoisotopic (exact) mass is 188 g/mol. The van der Waals surface area contributed by atoms with Crippen LogP contribution < -0.4 is 0 Å². The minimum Gasteiger partial charge on any atom is -0.467 e. The average Bonchev–Trinajstić information content (AvgIpc) is 2.39. The van der Waals surface area contributed by atoms with Crippen molar-refractivity contribution in [2.24, 2.45) is 0 Å². The Morgan fingerprint density at radius 2 is 2.08 bits per heavy atom. The molecule has 0 aromatic heterocycles. The summed E-state index contributed by atoms with van der Waals surface area (Å²) in [5.74, 6) is -1.04. The molecule has 1 rings (SSSR count). The summed E-state index contributed by atoms with van der Waals surface area (Å²) in [4.78, 5) is 11.2. The molecular weight excluding hydrogens is 172 g/mol. The molecule has 0 amide bonds. The Kier molecular flexibility index (Phi) is 2.93. The van der Waals surface area contributed by atoms with Crippen LogP contribution >= 0.6 is 0 Å². The second-order valence-electron chi connectivity index (χ2n) is 3.53. The Morgan fingerprint density at radius 1 is 1.46 bits per heavy atom. The second-order valence-corrected chi connectivity index (χ2v) is 3.53. The van der Waals surface area contributed by atoms with Gasteiger partial charge in [-0.15, -0.1) is 0 Å². The van der Waals surface area contributed by atoms with Gasteiger partial charge in [0.1, 0.15) is 0 Å². The maximum absolute atomic E-state index is 11.2. The molecule has 0 saturated carbocycles. The topological polar surface area (TPSA) is 44.8 Å². The third-order valence-electron chi connectivity index (χ3n) is 2.02. The van der Waals surface area contributed by atoms with E-state index in [-0.39, 0.29) is 12.1 Å². The number of ether oxygens (including phenoxy) is 3. The van der Waals surface area contributed by atoms with E-state index in [1.807, 2.05) is 6.92 Å². The van der Waals surface area contributed by atoms with Crippen LogP contribution in [-0.2, 0) is 19.0 Å². The summed E-state index contributed by atoms with van der Waals surface area (Å²) in [6, 6.07) is 0. The Labute approximate surface area is 78.2 Å². The molecule has 0 bridgehead atoms. The highest BCUT2D eigenvalue weighted by molar-refractivity contribution is 5.75. The molecule has 76 valence electrons. The van der Waals surface area contributed by atoms with Gasteiger partial charge in [-0.3, -0.25) is 0 Å². The van der Waals surface area contributed by atoms with Gasteiger partial charge >= 0.3 is 5.97 Å². The molecule has 0 aromatic carbocycles. The molecule has 2 atom stereocenters. The lowest BCUT2D eigenvalue weighted by molar-refractivity contribution is -0.168. The van der Waals surface area contributed by atoms with Gasteiger partial charge in [0.25, 0.3) is 0 Å². The summed E-state index contributed by atoms with van der Waals surface area (Å²) >= 11 is 0. The highest BCUT2D eigenvalue weighted by Crippen LogP contribution is 2.30. The normalized spacial score (nSPS) is 31.7. The zero-order valence-electron chi connectivity index (χ0n) is 8.49. The maximum atomic E-state index is 11.2. The quantitative estimate of drug-likeness (QED) is 0.608. The zero-order valence-corrected chi connectivity index (χ0v) is 8.49. The van der Waals surface area contributed by atoms with E-state index in [4.69, 9.17) is 9.47 Å². The summed E-state index contributed by atoms with van der Waals surface area (Å²) in [5.41, 5.74) is 0. The van der Waals surface area contributed by atoms with Crippen LogP contribution in [0.5, 0.6) is 0 Å². The lowest BCUT2D eigenvalue weighted by atomic mass is 10.1. The number of esters is 1. The van der Waals surface area contributed by atoms with Crippen molar-refractivity contribution in [2.75, 3.05) is 7.11 Å². The first-order valence-electron chi connectivity index (χ1n) is 4.43. The second kappa shape index (κ2) is 3.64. The van der Waals surface area contributed by atoms with Crippen molar-refractivity contribution >= 4 is 5.97 Å². The smallest absolute Gasteiger partial charge is 0.337 e. The Morgan fingerprint density at radius 3 is 2.54 bits per heavy atom. The van der Waals surface area contributed by atoms with E-state index in [0.717, 1.165) is 6.42 Å². The third-order valence-corrected chi connectivity index (χ3v) is 2.02. The summed E-state index contributed by atoms with van der Waals surface area (Å²) in [6.45, 7) is 5.53. The molecule has 1 aliphatic heterocycles. The van der Waals surface area contributed by atoms with Crippen molar-refractivity contribution in [3.63, 3.8) is 0 Å². The lowest BCUT2D eigenvalue weighted by Crippen LogP contribution is -2.32. The van der Waals surface area contributed by atoms with Crippen LogP contribution in [0.3, 0.4) is 0 Å². The lowest BCUT2D eigenvalue weighted by Gasteiger charge is -2.16. The van der Waals surface area contributed by atoms with Gasteiger partial charge in [0, 0.05) is 0 Å². The van der Waals surface area contributed by atoms with Crippen LogP contribution in [0.15, 0.2) is 0 Å². The van der Waals surface area contributed by atoms with Crippen molar-refractivity contribution in [1.82, 2.24) is 0 Å². The van der Waals surface area contributed by atoms with Gasteiger partial charge in [0.05, 0.1) is 13.2 Å². The van der Waals surface area contributed by atoms with Crippen molar-refractivity contribution in [3.8, 4) is 0 Å². The number of rotatable bonds is 2. The molecule has 0 aliphatic carbocycles. The minimum absolute atomic E-state index is 0.192. The molecule has 0 aromatic rings. The highest BCUT2D eigenvalue weighted by Gasteiger charge is 2.44. The SMILES string of the molecule is CCC1OC(C)(C)OC1C(=O)OC. The van der Waals surface area contributed by atoms with Gasteiger partial charge in [-0.05, 0) is 20.3 Å². The molecule has 4 heteroatoms. The van der Waals surface area contributed by atoms with E-state index in [2.05, 4.69) is 4.74 Å². The first kappa shape index (κ1) is 10.5.